The summed E-state index contributed by atoms with van der Waals surface area (Å²) in [5, 5.41) is 2.90. The van der Waals surface area contributed by atoms with Crippen LogP contribution in [0.2, 0.25) is 0 Å². The lowest BCUT2D eigenvalue weighted by atomic mass is 9.88. The van der Waals surface area contributed by atoms with Crippen molar-refractivity contribution in [2.75, 3.05) is 59.7 Å². The van der Waals surface area contributed by atoms with E-state index >= 15 is 0 Å². The van der Waals surface area contributed by atoms with Crippen molar-refractivity contribution in [2.24, 2.45) is 0 Å². The molecule has 0 bridgehead atoms. The Balaban J connectivity index is 1.38. The van der Waals surface area contributed by atoms with Crippen molar-refractivity contribution in [3.63, 3.8) is 0 Å². The number of likely N-dealkylation sites (tertiary alicyclic amines) is 1. The maximum absolute atomic E-state index is 13.1. The first kappa shape index (κ1) is 22.0. The van der Waals surface area contributed by atoms with Crippen LogP contribution in [0, 0.1) is 0 Å². The first-order valence-corrected chi connectivity index (χ1v) is 11.3. The molecule has 31 heavy (non-hydrogen) atoms. The molecule has 0 saturated carbocycles. The summed E-state index contributed by atoms with van der Waals surface area (Å²) < 4.78 is 10.8. The second-order valence-electron chi connectivity index (χ2n) is 8.83. The average molecular weight is 431 g/mol. The van der Waals surface area contributed by atoms with Crippen LogP contribution in [0.15, 0.2) is 30.3 Å². The van der Waals surface area contributed by atoms with E-state index in [1.165, 1.54) is 0 Å². The summed E-state index contributed by atoms with van der Waals surface area (Å²) in [5.74, 6) is 0.182. The molecule has 8 nitrogen and oxygen atoms in total. The highest BCUT2D eigenvalue weighted by atomic mass is 16.5. The van der Waals surface area contributed by atoms with Gasteiger partial charge in [-0.1, -0.05) is 30.3 Å². The van der Waals surface area contributed by atoms with Gasteiger partial charge < -0.3 is 24.6 Å². The second-order valence-corrected chi connectivity index (χ2v) is 8.83. The number of piperidine rings is 1. The second kappa shape index (κ2) is 9.97. The van der Waals surface area contributed by atoms with Gasteiger partial charge in [0.05, 0.1) is 25.3 Å². The highest BCUT2D eigenvalue weighted by Gasteiger charge is 2.50. The number of rotatable bonds is 6. The highest BCUT2D eigenvalue weighted by Crippen LogP contribution is 2.35. The standard InChI is InChI=1S/C23H34N4O4/c1-30-14-10-24-22(29)25-11-7-20(8-12-25)27-16-21(28)26(15-19-5-3-2-4-6-19)17-23(27)9-13-31-18-23/h2-6,20H,7-18H2,1H3,(H,24,29). The van der Waals surface area contributed by atoms with E-state index < -0.39 is 0 Å². The van der Waals surface area contributed by atoms with Crippen LogP contribution in [0.4, 0.5) is 4.79 Å². The number of hydrogen-bond donors (Lipinski definition) is 1. The fraction of sp³-hybridized carbons (Fsp3) is 0.652. The van der Waals surface area contributed by atoms with E-state index in [1.807, 2.05) is 28.0 Å². The minimum absolute atomic E-state index is 0.0295. The number of piperazine rings is 1. The Labute approximate surface area is 184 Å². The van der Waals surface area contributed by atoms with Crippen LogP contribution in [0.25, 0.3) is 0 Å². The summed E-state index contributed by atoms with van der Waals surface area (Å²) in [6, 6.07) is 10.5. The number of nitrogens with zero attached hydrogens (tertiary/aromatic N) is 3. The number of carbonyl (C=O) groups excluding carboxylic acids is 2. The van der Waals surface area contributed by atoms with Crippen molar-refractivity contribution in [1.29, 1.82) is 0 Å². The molecule has 3 aliphatic heterocycles. The molecule has 3 aliphatic rings. The number of ether oxygens (including phenoxy) is 2. The maximum atomic E-state index is 13.1. The Kier molecular flexibility index (Phi) is 7.09. The summed E-state index contributed by atoms with van der Waals surface area (Å²) in [6.45, 7) is 5.65. The van der Waals surface area contributed by atoms with Gasteiger partial charge >= 0.3 is 6.03 Å². The predicted octanol–water partition coefficient (Wildman–Crippen LogP) is 1.31. The lowest BCUT2D eigenvalue weighted by Crippen LogP contribution is -2.68. The summed E-state index contributed by atoms with van der Waals surface area (Å²) in [7, 11) is 1.63. The van der Waals surface area contributed by atoms with Crippen molar-refractivity contribution < 1.29 is 19.1 Å². The molecule has 1 spiro atoms. The zero-order valence-corrected chi connectivity index (χ0v) is 18.4. The normalized spacial score (nSPS) is 25.4. The Morgan fingerprint density at radius 1 is 1.26 bits per heavy atom. The van der Waals surface area contributed by atoms with E-state index in [4.69, 9.17) is 9.47 Å². The number of methoxy groups -OCH3 is 1. The van der Waals surface area contributed by atoms with E-state index in [0.29, 0.717) is 58.5 Å². The smallest absolute Gasteiger partial charge is 0.317 e. The third-order valence-corrected chi connectivity index (χ3v) is 6.83. The van der Waals surface area contributed by atoms with E-state index in [2.05, 4.69) is 22.3 Å². The Bertz CT molecular complexity index is 745. The first-order chi connectivity index (χ1) is 15.1. The molecule has 0 aliphatic carbocycles. The number of amides is 3. The summed E-state index contributed by atoms with van der Waals surface area (Å²) in [5.41, 5.74) is 1.04. The predicted molar refractivity (Wildman–Crippen MR) is 117 cm³/mol. The average Bonchev–Trinajstić information content (AvgIpc) is 3.26. The SMILES string of the molecule is COCCNC(=O)N1CCC(N2CC(=O)N(Cc3ccccc3)CC23CCOC3)CC1. The summed E-state index contributed by atoms with van der Waals surface area (Å²) in [6.07, 6.45) is 2.71. The number of hydrogen-bond acceptors (Lipinski definition) is 5. The van der Waals surface area contributed by atoms with Gasteiger partial charge in [0.25, 0.3) is 0 Å². The highest BCUT2D eigenvalue weighted by molar-refractivity contribution is 5.79. The van der Waals surface area contributed by atoms with Crippen molar-refractivity contribution >= 4 is 11.9 Å². The number of nitrogens with one attached hydrogen (secondary N) is 1. The number of carbonyl (C=O) groups is 2. The van der Waals surface area contributed by atoms with Gasteiger partial charge in [0.2, 0.25) is 5.91 Å². The number of benzene rings is 1. The molecular formula is C23H34N4O4. The molecule has 3 heterocycles. The van der Waals surface area contributed by atoms with Gasteiger partial charge in [0.1, 0.15) is 0 Å². The fourth-order valence-corrected chi connectivity index (χ4v) is 5.11. The minimum Gasteiger partial charge on any atom is -0.383 e. The van der Waals surface area contributed by atoms with Gasteiger partial charge in [-0.05, 0) is 24.8 Å². The van der Waals surface area contributed by atoms with Gasteiger partial charge in [0.15, 0.2) is 0 Å². The molecule has 0 radical (unpaired) electrons. The van der Waals surface area contributed by atoms with Crippen molar-refractivity contribution in [2.45, 2.75) is 37.4 Å². The van der Waals surface area contributed by atoms with Crippen LogP contribution in [-0.2, 0) is 20.8 Å². The van der Waals surface area contributed by atoms with Crippen LogP contribution in [0.1, 0.15) is 24.8 Å². The van der Waals surface area contributed by atoms with E-state index in [0.717, 1.165) is 31.4 Å². The van der Waals surface area contributed by atoms with E-state index in [1.54, 1.807) is 7.11 Å². The molecule has 1 aromatic carbocycles. The largest absolute Gasteiger partial charge is 0.383 e. The Morgan fingerprint density at radius 2 is 2.03 bits per heavy atom. The molecule has 8 heteroatoms. The lowest BCUT2D eigenvalue weighted by molar-refractivity contribution is -0.148. The molecule has 3 amide bonds. The molecule has 3 saturated heterocycles. The molecule has 1 unspecified atom stereocenters. The quantitative estimate of drug-likeness (QED) is 0.689. The lowest BCUT2D eigenvalue weighted by Gasteiger charge is -2.52. The third-order valence-electron chi connectivity index (χ3n) is 6.83. The summed E-state index contributed by atoms with van der Waals surface area (Å²) >= 11 is 0. The van der Waals surface area contributed by atoms with Crippen LogP contribution >= 0.6 is 0 Å². The zero-order chi connectivity index (χ0) is 21.7. The topological polar surface area (TPSA) is 74.4 Å². The molecule has 3 fully saturated rings. The van der Waals surface area contributed by atoms with Crippen molar-refractivity contribution in [3.8, 4) is 0 Å². The van der Waals surface area contributed by atoms with Gasteiger partial charge in [0, 0.05) is 52.5 Å². The first-order valence-electron chi connectivity index (χ1n) is 11.3. The molecule has 1 aromatic rings. The molecule has 0 aromatic heterocycles. The molecule has 1 N–H and O–H groups in total. The van der Waals surface area contributed by atoms with Crippen molar-refractivity contribution in [1.82, 2.24) is 20.0 Å². The minimum atomic E-state index is -0.115. The molecule has 170 valence electrons. The number of urea groups is 1. The van der Waals surface area contributed by atoms with Crippen molar-refractivity contribution in [3.05, 3.63) is 35.9 Å². The molecule has 1 atom stereocenters. The van der Waals surface area contributed by atoms with E-state index in [-0.39, 0.29) is 17.5 Å². The van der Waals surface area contributed by atoms with Gasteiger partial charge in [-0.2, -0.15) is 0 Å². The maximum Gasteiger partial charge on any atom is 0.317 e. The monoisotopic (exact) mass is 430 g/mol. The Morgan fingerprint density at radius 3 is 2.71 bits per heavy atom. The zero-order valence-electron chi connectivity index (χ0n) is 18.4. The van der Waals surface area contributed by atoms with Gasteiger partial charge in [-0.15, -0.1) is 0 Å². The van der Waals surface area contributed by atoms with Crippen LogP contribution in [0.3, 0.4) is 0 Å². The van der Waals surface area contributed by atoms with Gasteiger partial charge in [-0.3, -0.25) is 9.69 Å². The van der Waals surface area contributed by atoms with Crippen LogP contribution < -0.4 is 5.32 Å². The summed E-state index contributed by atoms with van der Waals surface area (Å²) in [4.78, 5) is 31.7. The van der Waals surface area contributed by atoms with Crippen LogP contribution in [-0.4, -0.2) is 97.9 Å². The molecular weight excluding hydrogens is 396 g/mol. The molecule has 4 rings (SSSR count). The third kappa shape index (κ3) is 5.02. The van der Waals surface area contributed by atoms with Crippen LogP contribution in [0.5, 0.6) is 0 Å². The van der Waals surface area contributed by atoms with E-state index in [9.17, 15) is 9.59 Å². The fourth-order valence-electron chi connectivity index (χ4n) is 5.11. The van der Waals surface area contributed by atoms with Gasteiger partial charge in [-0.25, -0.2) is 4.79 Å². The Hall–Kier alpha value is -2.16.